The van der Waals surface area contributed by atoms with Gasteiger partial charge in [-0.2, -0.15) is 0 Å². The lowest BCUT2D eigenvalue weighted by atomic mass is 10.0. The van der Waals surface area contributed by atoms with Crippen LogP contribution >= 0.6 is 0 Å². The van der Waals surface area contributed by atoms with Gasteiger partial charge in [-0.1, -0.05) is 24.3 Å². The van der Waals surface area contributed by atoms with Gasteiger partial charge in [0.15, 0.2) is 0 Å². The zero-order chi connectivity index (χ0) is 12.5. The predicted molar refractivity (Wildman–Crippen MR) is 72.2 cm³/mol. The fourth-order valence-electron chi connectivity index (χ4n) is 2.16. The van der Waals surface area contributed by atoms with Gasteiger partial charge in [-0.15, -0.1) is 0 Å². The van der Waals surface area contributed by atoms with Crippen LogP contribution in [0.1, 0.15) is 5.56 Å². The first-order valence-electron chi connectivity index (χ1n) is 5.86. The Labute approximate surface area is 115 Å². The molecule has 0 N–H and O–H groups in total. The van der Waals surface area contributed by atoms with Gasteiger partial charge in [0.25, 0.3) is 0 Å². The minimum Gasteiger partial charge on any atom is -1.00 e. The van der Waals surface area contributed by atoms with Gasteiger partial charge in [0.05, 0.1) is 28.3 Å². The van der Waals surface area contributed by atoms with Crippen LogP contribution in [-0.4, -0.2) is 32.7 Å². The first-order chi connectivity index (χ1) is 8.01. The van der Waals surface area contributed by atoms with Crippen LogP contribution in [0.3, 0.4) is 0 Å². The summed E-state index contributed by atoms with van der Waals surface area (Å²) in [4.78, 5) is 0. The van der Waals surface area contributed by atoms with Gasteiger partial charge in [0.2, 0.25) is 0 Å². The summed E-state index contributed by atoms with van der Waals surface area (Å²) in [6.45, 7) is 1.02. The molecule has 0 aromatic heterocycles. The molecule has 2 aromatic carbocycles. The highest BCUT2D eigenvalue weighted by molar-refractivity contribution is 5.90. The van der Waals surface area contributed by atoms with E-state index in [9.17, 15) is 0 Å². The first-order valence-corrected chi connectivity index (χ1v) is 5.86. The third-order valence-corrected chi connectivity index (χ3v) is 2.84. The van der Waals surface area contributed by atoms with E-state index in [1.165, 1.54) is 16.3 Å². The molecule has 0 radical (unpaired) electrons. The highest BCUT2D eigenvalue weighted by atomic mass is 35.5. The van der Waals surface area contributed by atoms with Crippen molar-refractivity contribution in [1.29, 1.82) is 0 Å². The Bertz CT molecular complexity index is 531. The molecule has 0 atom stereocenters. The lowest BCUT2D eigenvalue weighted by Gasteiger charge is -2.25. The van der Waals surface area contributed by atoms with Gasteiger partial charge >= 0.3 is 0 Å². The van der Waals surface area contributed by atoms with Crippen LogP contribution in [0.5, 0.6) is 5.75 Å². The molecular weight excluding hydrogens is 246 g/mol. The molecule has 0 saturated carbocycles. The Balaban J connectivity index is 0.00000162. The van der Waals surface area contributed by atoms with Crippen LogP contribution < -0.4 is 17.1 Å². The van der Waals surface area contributed by atoms with Crippen molar-refractivity contribution in [2.24, 2.45) is 0 Å². The summed E-state index contributed by atoms with van der Waals surface area (Å²) in [6, 6.07) is 12.7. The Morgan fingerprint density at radius 3 is 2.11 bits per heavy atom. The number of quaternary nitrogens is 1. The zero-order valence-corrected chi connectivity index (χ0v) is 12.2. The molecule has 0 heterocycles. The van der Waals surface area contributed by atoms with Crippen molar-refractivity contribution in [2.75, 3.05) is 28.3 Å². The van der Waals surface area contributed by atoms with Crippen LogP contribution in [0.2, 0.25) is 0 Å². The number of ether oxygens (including phenoxy) is 1. The van der Waals surface area contributed by atoms with Gasteiger partial charge in [0.1, 0.15) is 12.3 Å². The van der Waals surface area contributed by atoms with Crippen LogP contribution in [-0.2, 0) is 6.54 Å². The summed E-state index contributed by atoms with van der Waals surface area (Å²) in [7, 11) is 8.35. The van der Waals surface area contributed by atoms with Crippen LogP contribution in [0.25, 0.3) is 10.8 Å². The molecule has 98 valence electrons. The van der Waals surface area contributed by atoms with E-state index < -0.39 is 0 Å². The van der Waals surface area contributed by atoms with Gasteiger partial charge in [-0.05, 0) is 17.5 Å². The summed E-state index contributed by atoms with van der Waals surface area (Å²) < 4.78 is 6.33. The summed E-state index contributed by atoms with van der Waals surface area (Å²) in [5.41, 5.74) is 1.37. The van der Waals surface area contributed by atoms with Crippen molar-refractivity contribution >= 4 is 10.8 Å². The average Bonchev–Trinajstić information content (AvgIpc) is 2.28. The van der Waals surface area contributed by atoms with E-state index >= 15 is 0 Å². The molecule has 0 unspecified atom stereocenters. The summed E-state index contributed by atoms with van der Waals surface area (Å²) >= 11 is 0. The number of hydrogen-bond donors (Lipinski definition) is 0. The lowest BCUT2D eigenvalue weighted by Crippen LogP contribution is -3.00. The Hall–Kier alpha value is -1.25. The van der Waals surface area contributed by atoms with Crippen molar-refractivity contribution in [2.45, 2.75) is 6.54 Å². The van der Waals surface area contributed by atoms with Crippen molar-refractivity contribution in [3.63, 3.8) is 0 Å². The van der Waals surface area contributed by atoms with Gasteiger partial charge in [0, 0.05) is 10.9 Å². The van der Waals surface area contributed by atoms with Crippen molar-refractivity contribution in [1.82, 2.24) is 0 Å². The summed E-state index contributed by atoms with van der Waals surface area (Å²) in [5, 5.41) is 2.49. The van der Waals surface area contributed by atoms with E-state index in [0.29, 0.717) is 0 Å². The molecule has 2 aromatic rings. The van der Waals surface area contributed by atoms with Crippen molar-refractivity contribution < 1.29 is 21.6 Å². The number of halogens is 1. The number of benzene rings is 2. The molecule has 0 fully saturated rings. The fourth-order valence-corrected chi connectivity index (χ4v) is 2.16. The maximum Gasteiger partial charge on any atom is 0.126 e. The number of hydrogen-bond acceptors (Lipinski definition) is 1. The molecule has 0 aliphatic carbocycles. The minimum absolute atomic E-state index is 0. The highest BCUT2D eigenvalue weighted by Gasteiger charge is 2.12. The standard InChI is InChI=1S/C15H20NO.ClH/c1-16(2,3)11-12-9-10-15(17-4)14-8-6-5-7-13(12)14;/h5-10H,11H2,1-4H3;1H/q+1;/p-1. The second-order valence-corrected chi connectivity index (χ2v) is 5.42. The molecule has 3 heteroatoms. The molecule has 2 nitrogen and oxygen atoms in total. The van der Waals surface area contributed by atoms with E-state index in [4.69, 9.17) is 4.74 Å². The summed E-state index contributed by atoms with van der Waals surface area (Å²) in [5.74, 6) is 0.950. The quantitative estimate of drug-likeness (QED) is 0.714. The molecule has 0 saturated heterocycles. The maximum absolute atomic E-state index is 5.41. The van der Waals surface area contributed by atoms with E-state index in [-0.39, 0.29) is 12.4 Å². The Kier molecular flexibility index (Phi) is 4.60. The first kappa shape index (κ1) is 14.8. The lowest BCUT2D eigenvalue weighted by molar-refractivity contribution is -0.883. The van der Waals surface area contributed by atoms with Gasteiger partial charge < -0.3 is 21.6 Å². The highest BCUT2D eigenvalue weighted by Crippen LogP contribution is 2.29. The molecule has 0 aliphatic rings. The third-order valence-electron chi connectivity index (χ3n) is 2.84. The summed E-state index contributed by atoms with van der Waals surface area (Å²) in [6.07, 6.45) is 0. The van der Waals surface area contributed by atoms with Crippen LogP contribution in [0.4, 0.5) is 0 Å². The SMILES string of the molecule is COc1ccc(C[N+](C)(C)C)c2ccccc12.[Cl-]. The third kappa shape index (κ3) is 3.15. The van der Waals surface area contributed by atoms with Crippen LogP contribution in [0, 0.1) is 0 Å². The normalized spacial score (nSPS) is 11.1. The zero-order valence-electron chi connectivity index (χ0n) is 11.4. The molecular formula is C15H20ClNO. The van der Waals surface area contributed by atoms with Crippen LogP contribution in [0.15, 0.2) is 36.4 Å². The van der Waals surface area contributed by atoms with E-state index in [2.05, 4.69) is 57.5 Å². The molecule has 0 amide bonds. The monoisotopic (exact) mass is 265 g/mol. The molecule has 18 heavy (non-hydrogen) atoms. The van der Waals surface area contributed by atoms with E-state index in [1.54, 1.807) is 7.11 Å². The van der Waals surface area contributed by atoms with Crippen molar-refractivity contribution in [3.05, 3.63) is 42.0 Å². The van der Waals surface area contributed by atoms with E-state index in [0.717, 1.165) is 16.8 Å². The molecule has 0 bridgehead atoms. The average molecular weight is 266 g/mol. The largest absolute Gasteiger partial charge is 1.00 e. The molecule has 2 rings (SSSR count). The number of fused-ring (bicyclic) bond motifs is 1. The van der Waals surface area contributed by atoms with Crippen molar-refractivity contribution in [3.8, 4) is 5.75 Å². The number of nitrogens with zero attached hydrogens (tertiary/aromatic N) is 1. The topological polar surface area (TPSA) is 9.23 Å². The molecule has 0 spiro atoms. The van der Waals surface area contributed by atoms with Gasteiger partial charge in [-0.3, -0.25) is 0 Å². The van der Waals surface area contributed by atoms with Gasteiger partial charge in [-0.25, -0.2) is 0 Å². The predicted octanol–water partition coefficient (Wildman–Crippen LogP) is 0.0586. The second kappa shape index (κ2) is 5.59. The molecule has 0 aliphatic heterocycles. The number of rotatable bonds is 3. The Morgan fingerprint density at radius 2 is 1.56 bits per heavy atom. The smallest absolute Gasteiger partial charge is 0.126 e. The van der Waals surface area contributed by atoms with E-state index in [1.807, 2.05) is 0 Å². The number of methoxy groups -OCH3 is 1. The minimum atomic E-state index is 0. The second-order valence-electron chi connectivity index (χ2n) is 5.42. The maximum atomic E-state index is 5.41. The Morgan fingerprint density at radius 1 is 0.944 bits per heavy atom. The fraction of sp³-hybridized carbons (Fsp3) is 0.333.